The molecule has 1 N–H and O–H groups in total. The van der Waals surface area contributed by atoms with Crippen molar-refractivity contribution in [3.63, 3.8) is 0 Å². The van der Waals surface area contributed by atoms with Gasteiger partial charge < -0.3 is 24.1 Å². The molecule has 3 fully saturated rings. The summed E-state index contributed by atoms with van der Waals surface area (Å²) in [7, 11) is 1.75. The average Bonchev–Trinajstić information content (AvgIpc) is 4.08. The number of carbonyl (C=O) groups excluding carboxylic acids is 1. The summed E-state index contributed by atoms with van der Waals surface area (Å²) in [6, 6.07) is 34.2. The number of aromatic hydroxyl groups is 1. The number of hydrogen-bond donors (Lipinski definition) is 1. The first-order valence-corrected chi connectivity index (χ1v) is 25.5. The number of methoxy groups -OCH3 is 1. The fourth-order valence-corrected chi connectivity index (χ4v) is 9.39. The first-order valence-electron chi connectivity index (χ1n) is 25.5. The Morgan fingerprint density at radius 2 is 1.14 bits per heavy atom. The van der Waals surface area contributed by atoms with Gasteiger partial charge in [0, 0.05) is 13.0 Å². The van der Waals surface area contributed by atoms with Crippen molar-refractivity contribution in [1.82, 2.24) is 0 Å². The fraction of sp³-hybridized carbons (Fsp3) is 0.583. The highest BCUT2D eigenvalue weighted by Gasteiger charge is 2.54. The fourth-order valence-electron chi connectivity index (χ4n) is 9.39. The lowest BCUT2D eigenvalue weighted by molar-refractivity contribution is -0.162. The predicted molar refractivity (Wildman–Crippen MR) is 274 cm³/mol. The van der Waals surface area contributed by atoms with Gasteiger partial charge >= 0.3 is 5.97 Å². The third kappa shape index (κ3) is 15.5. The Balaban J connectivity index is 0.000000206. The molecule has 0 heterocycles. The minimum atomic E-state index is -0.474. The summed E-state index contributed by atoms with van der Waals surface area (Å²) in [5.41, 5.74) is 4.82. The van der Waals surface area contributed by atoms with Crippen molar-refractivity contribution < 1.29 is 28.8 Å². The molecule has 0 aromatic heterocycles. The van der Waals surface area contributed by atoms with E-state index >= 15 is 0 Å². The van der Waals surface area contributed by atoms with E-state index in [1.807, 2.05) is 20.8 Å². The first kappa shape index (κ1) is 54.5. The largest absolute Gasteiger partial charge is 0.508 e. The highest BCUT2D eigenvalue weighted by Crippen LogP contribution is 2.59. The third-order valence-electron chi connectivity index (χ3n) is 15.3. The monoisotopic (exact) mass is 905 g/mol. The van der Waals surface area contributed by atoms with Crippen molar-refractivity contribution in [2.75, 3.05) is 7.11 Å². The zero-order chi connectivity index (χ0) is 48.6. The molecule has 6 nitrogen and oxygen atoms in total. The third-order valence-corrected chi connectivity index (χ3v) is 15.3. The number of ether oxygens (including phenoxy) is 4. The summed E-state index contributed by atoms with van der Waals surface area (Å²) in [6.07, 6.45) is 11.6. The number of fused-ring (bicyclic) bond motifs is 5. The maximum Gasteiger partial charge on any atom is 0.316 e. The Hall–Kier alpha value is -4.13. The van der Waals surface area contributed by atoms with E-state index in [4.69, 9.17) is 24.1 Å². The molecular weight excluding hydrogens is 817 g/mol. The molecule has 0 radical (unpaired) electrons. The number of esters is 1. The van der Waals surface area contributed by atoms with Gasteiger partial charge in [-0.15, -0.1) is 0 Å². The van der Waals surface area contributed by atoms with Crippen LogP contribution in [-0.2, 0) is 19.9 Å². The van der Waals surface area contributed by atoms with Crippen LogP contribution in [0.2, 0.25) is 0 Å². The zero-order valence-electron chi connectivity index (χ0n) is 43.4. The standard InChI is InChI=1S/C24H36O2.C14H22O.C12H16O3.C10H14/c1-5-16(4)17-9-11-19(12-10-17)25-24(15(2)3)26-23-14-18-13-22(23)21-8-6-7-20(18)21;1-6-11(2)12-7-9-13(10-8-12)14(3,4)15-5;1-4-12(2,3)11(14)15-10-7-5-9(13)6-8-10;1-3-9(2)10-7-5-4-6-8-10/h9-12,15-16,18,20-24H,5-8,13-14H2,1-4H3;7-11H,6H2,1-5H3;5-8,13H,4H2,1-3H3;4-9H,3H2,1-2H3. The minimum Gasteiger partial charge on any atom is -0.508 e. The van der Waals surface area contributed by atoms with Crippen LogP contribution < -0.4 is 9.47 Å². The van der Waals surface area contributed by atoms with Gasteiger partial charge in [0.15, 0.2) is 0 Å². The van der Waals surface area contributed by atoms with Crippen molar-refractivity contribution in [2.24, 2.45) is 35.0 Å². The van der Waals surface area contributed by atoms with Crippen LogP contribution in [-0.4, -0.2) is 30.6 Å². The second-order valence-electron chi connectivity index (χ2n) is 20.9. The van der Waals surface area contributed by atoms with Gasteiger partial charge in [-0.2, -0.15) is 0 Å². The van der Waals surface area contributed by atoms with Crippen LogP contribution in [0.4, 0.5) is 0 Å². The van der Waals surface area contributed by atoms with E-state index in [-0.39, 0.29) is 23.6 Å². The number of benzene rings is 4. The second-order valence-corrected chi connectivity index (χ2v) is 20.9. The molecule has 7 rings (SSSR count). The van der Waals surface area contributed by atoms with Crippen LogP contribution in [0.1, 0.15) is 188 Å². The van der Waals surface area contributed by atoms with Crippen LogP contribution in [0.15, 0.2) is 103 Å². The zero-order valence-corrected chi connectivity index (χ0v) is 43.4. The number of phenolic OH excluding ortho intramolecular Hbond substituents is 1. The molecule has 3 aliphatic rings. The molecule has 0 aliphatic heterocycles. The topological polar surface area (TPSA) is 74.2 Å². The summed E-state index contributed by atoms with van der Waals surface area (Å²) in [5.74, 6) is 7.32. The highest BCUT2D eigenvalue weighted by atomic mass is 16.7. The van der Waals surface area contributed by atoms with E-state index in [0.29, 0.717) is 35.5 Å². The lowest BCUT2D eigenvalue weighted by Gasteiger charge is -2.35. The Morgan fingerprint density at radius 3 is 1.64 bits per heavy atom. The van der Waals surface area contributed by atoms with Crippen molar-refractivity contribution >= 4 is 5.97 Å². The predicted octanol–water partition coefficient (Wildman–Crippen LogP) is 16.4. The number of carbonyl (C=O) groups is 1. The van der Waals surface area contributed by atoms with E-state index in [1.165, 1.54) is 85.8 Å². The van der Waals surface area contributed by atoms with E-state index in [2.05, 4.69) is 148 Å². The van der Waals surface area contributed by atoms with Crippen LogP contribution in [0.5, 0.6) is 17.2 Å². The van der Waals surface area contributed by atoms with Crippen molar-refractivity contribution in [2.45, 2.75) is 184 Å². The van der Waals surface area contributed by atoms with E-state index in [9.17, 15) is 4.79 Å². The summed E-state index contributed by atoms with van der Waals surface area (Å²) >= 11 is 0. The quantitative estimate of drug-likeness (QED) is 0.0686. The maximum atomic E-state index is 11.7. The average molecular weight is 905 g/mol. The molecule has 3 aliphatic carbocycles. The molecule has 3 saturated carbocycles. The van der Waals surface area contributed by atoms with Crippen molar-refractivity contribution in [3.05, 3.63) is 125 Å². The van der Waals surface area contributed by atoms with Crippen LogP contribution in [0, 0.1) is 35.0 Å². The molecule has 66 heavy (non-hydrogen) atoms. The summed E-state index contributed by atoms with van der Waals surface area (Å²) < 4.78 is 23.5. The van der Waals surface area contributed by atoms with Crippen LogP contribution >= 0.6 is 0 Å². The molecule has 0 amide bonds. The van der Waals surface area contributed by atoms with E-state index in [1.54, 1.807) is 19.2 Å². The summed E-state index contributed by atoms with van der Waals surface area (Å²) in [5, 5.41) is 9.06. The lowest BCUT2D eigenvalue weighted by Crippen LogP contribution is -2.37. The smallest absolute Gasteiger partial charge is 0.316 e. The molecule has 4 aromatic carbocycles. The van der Waals surface area contributed by atoms with Gasteiger partial charge in [0.05, 0.1) is 17.1 Å². The normalized spacial score (nSPS) is 21.4. The van der Waals surface area contributed by atoms with Crippen molar-refractivity contribution in [3.8, 4) is 17.2 Å². The minimum absolute atomic E-state index is 0.131. The Morgan fingerprint density at radius 1 is 0.636 bits per heavy atom. The molecule has 9 unspecified atom stereocenters. The molecule has 2 bridgehead atoms. The van der Waals surface area contributed by atoms with Gasteiger partial charge in [0.1, 0.15) is 17.2 Å². The van der Waals surface area contributed by atoms with Gasteiger partial charge in [-0.3, -0.25) is 4.79 Å². The van der Waals surface area contributed by atoms with Gasteiger partial charge in [0.25, 0.3) is 0 Å². The summed E-state index contributed by atoms with van der Waals surface area (Å²) in [4.78, 5) is 11.7. The van der Waals surface area contributed by atoms with Gasteiger partial charge in [0.2, 0.25) is 6.29 Å². The molecule has 0 saturated heterocycles. The number of rotatable bonds is 16. The lowest BCUT2D eigenvalue weighted by atomic mass is 9.80. The molecule has 364 valence electrons. The Kier molecular flexibility index (Phi) is 21.3. The van der Waals surface area contributed by atoms with Crippen LogP contribution in [0.25, 0.3) is 0 Å². The van der Waals surface area contributed by atoms with E-state index < -0.39 is 5.41 Å². The van der Waals surface area contributed by atoms with Gasteiger partial charge in [-0.05, 0) is 179 Å². The van der Waals surface area contributed by atoms with E-state index in [0.717, 1.165) is 35.8 Å². The molecule has 9 atom stereocenters. The Bertz CT molecular complexity index is 1970. The molecule has 4 aromatic rings. The molecule has 6 heteroatoms. The second kappa shape index (κ2) is 25.9. The maximum absolute atomic E-state index is 11.7. The Labute approximate surface area is 401 Å². The first-order chi connectivity index (χ1) is 31.4. The number of hydrogen-bond acceptors (Lipinski definition) is 6. The van der Waals surface area contributed by atoms with Crippen molar-refractivity contribution in [1.29, 1.82) is 0 Å². The van der Waals surface area contributed by atoms with Gasteiger partial charge in [-0.25, -0.2) is 0 Å². The number of phenols is 1. The van der Waals surface area contributed by atoms with Gasteiger partial charge in [-0.1, -0.05) is 135 Å². The summed E-state index contributed by atoms with van der Waals surface area (Å²) in [6.45, 7) is 27.7. The highest BCUT2D eigenvalue weighted by molar-refractivity contribution is 5.78. The SMILES string of the molecule is CCC(C)(C)C(=O)Oc1ccc(O)cc1.CCC(C)c1ccc(C(C)(C)OC)cc1.CCC(C)c1ccc(OC(OC2CC3CC2C2CCCC32)C(C)C)cc1.CCC(C)c1ccccc1. The molecule has 0 spiro atoms. The van der Waals surface area contributed by atoms with Crippen LogP contribution in [0.3, 0.4) is 0 Å². The molecular formula is C60H88O6.